The number of anilines is 1. The fourth-order valence-corrected chi connectivity index (χ4v) is 3.26. The zero-order valence-electron chi connectivity index (χ0n) is 10.0. The molecule has 1 N–H and O–H groups in total. The van der Waals surface area contributed by atoms with E-state index >= 15 is 0 Å². The zero-order chi connectivity index (χ0) is 12.4. The Morgan fingerprint density at radius 3 is 3.11 bits per heavy atom. The molecule has 5 heteroatoms. The van der Waals surface area contributed by atoms with Crippen LogP contribution in [0.2, 0.25) is 0 Å². The molecule has 0 amide bonds. The number of thiazole rings is 2. The first kappa shape index (κ1) is 11.6. The fraction of sp³-hybridized carbons (Fsp3) is 0.231. The maximum Gasteiger partial charge on any atom is 0.183 e. The lowest BCUT2D eigenvalue weighted by Crippen LogP contribution is -2.03. The van der Waals surface area contributed by atoms with E-state index in [4.69, 9.17) is 0 Å². The van der Waals surface area contributed by atoms with Gasteiger partial charge in [0.25, 0.3) is 0 Å². The van der Waals surface area contributed by atoms with Crippen molar-refractivity contribution in [3.05, 3.63) is 40.3 Å². The third-order valence-corrected chi connectivity index (χ3v) is 4.48. The van der Waals surface area contributed by atoms with Crippen molar-refractivity contribution < 1.29 is 0 Å². The second kappa shape index (κ2) is 5.04. The van der Waals surface area contributed by atoms with E-state index in [2.05, 4.69) is 40.4 Å². The molecular weight excluding hydrogens is 262 g/mol. The van der Waals surface area contributed by atoms with E-state index in [9.17, 15) is 0 Å². The van der Waals surface area contributed by atoms with Crippen molar-refractivity contribution in [1.82, 2.24) is 9.97 Å². The van der Waals surface area contributed by atoms with Gasteiger partial charge in [0.1, 0.15) is 0 Å². The standard InChI is InChI=1S/C13H13N3S2/c1-9-2-3-11-10(8-9)16-13(18-11)15-5-4-12-14-6-7-17-12/h2-3,6-8H,4-5H2,1H3,(H,15,16). The molecule has 0 aliphatic heterocycles. The molecule has 0 radical (unpaired) electrons. The highest BCUT2D eigenvalue weighted by Gasteiger charge is 2.03. The molecule has 2 heterocycles. The Morgan fingerprint density at radius 1 is 1.33 bits per heavy atom. The molecule has 3 rings (SSSR count). The summed E-state index contributed by atoms with van der Waals surface area (Å²) in [4.78, 5) is 8.85. The van der Waals surface area contributed by atoms with Gasteiger partial charge >= 0.3 is 0 Å². The van der Waals surface area contributed by atoms with E-state index in [1.807, 2.05) is 11.6 Å². The van der Waals surface area contributed by atoms with Crippen LogP contribution in [0, 0.1) is 6.92 Å². The SMILES string of the molecule is Cc1ccc2sc(NCCc3nccs3)nc2c1. The second-order valence-electron chi connectivity index (χ2n) is 4.09. The van der Waals surface area contributed by atoms with Crippen molar-refractivity contribution in [3.8, 4) is 0 Å². The molecule has 0 fully saturated rings. The number of fused-ring (bicyclic) bond motifs is 1. The van der Waals surface area contributed by atoms with Crippen molar-refractivity contribution in [2.24, 2.45) is 0 Å². The van der Waals surface area contributed by atoms with Crippen LogP contribution >= 0.6 is 22.7 Å². The minimum atomic E-state index is 0.881. The number of nitrogens with one attached hydrogen (secondary N) is 1. The number of rotatable bonds is 4. The first-order valence-corrected chi connectivity index (χ1v) is 7.50. The van der Waals surface area contributed by atoms with Crippen LogP contribution in [-0.4, -0.2) is 16.5 Å². The molecule has 92 valence electrons. The van der Waals surface area contributed by atoms with Crippen LogP contribution < -0.4 is 5.32 Å². The van der Waals surface area contributed by atoms with Crippen LogP contribution in [0.5, 0.6) is 0 Å². The van der Waals surface area contributed by atoms with Gasteiger partial charge in [-0.1, -0.05) is 17.4 Å². The summed E-state index contributed by atoms with van der Waals surface area (Å²) in [6.45, 7) is 2.97. The van der Waals surface area contributed by atoms with Crippen molar-refractivity contribution >= 4 is 38.0 Å². The lowest BCUT2D eigenvalue weighted by molar-refractivity contribution is 0.996. The van der Waals surface area contributed by atoms with Crippen molar-refractivity contribution in [1.29, 1.82) is 0 Å². The molecule has 2 aromatic heterocycles. The van der Waals surface area contributed by atoms with E-state index in [1.54, 1.807) is 22.7 Å². The number of nitrogens with zero attached hydrogens (tertiary/aromatic N) is 2. The van der Waals surface area contributed by atoms with Crippen LogP contribution in [-0.2, 0) is 6.42 Å². The molecule has 0 saturated heterocycles. The normalized spacial score (nSPS) is 10.9. The van der Waals surface area contributed by atoms with Crippen LogP contribution in [0.3, 0.4) is 0 Å². The lowest BCUT2D eigenvalue weighted by atomic mass is 10.2. The number of hydrogen-bond acceptors (Lipinski definition) is 5. The number of benzene rings is 1. The van der Waals surface area contributed by atoms with Crippen LogP contribution in [0.4, 0.5) is 5.13 Å². The Balaban J connectivity index is 1.67. The highest BCUT2D eigenvalue weighted by atomic mass is 32.1. The lowest BCUT2D eigenvalue weighted by Gasteiger charge is -1.98. The molecule has 0 atom stereocenters. The van der Waals surface area contributed by atoms with Gasteiger partial charge in [-0.25, -0.2) is 9.97 Å². The van der Waals surface area contributed by atoms with Crippen molar-refractivity contribution in [2.45, 2.75) is 13.3 Å². The van der Waals surface area contributed by atoms with E-state index < -0.39 is 0 Å². The minimum Gasteiger partial charge on any atom is -0.361 e. The van der Waals surface area contributed by atoms with Gasteiger partial charge in [-0.15, -0.1) is 11.3 Å². The third kappa shape index (κ3) is 2.52. The Hall–Kier alpha value is -1.46. The van der Waals surface area contributed by atoms with Crippen LogP contribution in [0.1, 0.15) is 10.6 Å². The van der Waals surface area contributed by atoms with E-state index in [0.29, 0.717) is 0 Å². The summed E-state index contributed by atoms with van der Waals surface area (Å²) in [5.41, 5.74) is 2.33. The molecule has 0 aliphatic carbocycles. The number of aryl methyl sites for hydroxylation is 1. The van der Waals surface area contributed by atoms with Gasteiger partial charge in [0, 0.05) is 24.5 Å². The maximum atomic E-state index is 4.58. The van der Waals surface area contributed by atoms with Crippen LogP contribution in [0.15, 0.2) is 29.8 Å². The minimum absolute atomic E-state index is 0.881. The van der Waals surface area contributed by atoms with Gasteiger partial charge in [-0.05, 0) is 24.6 Å². The monoisotopic (exact) mass is 275 g/mol. The van der Waals surface area contributed by atoms with E-state index in [1.165, 1.54) is 15.3 Å². The van der Waals surface area contributed by atoms with Crippen molar-refractivity contribution in [3.63, 3.8) is 0 Å². The Bertz CT molecular complexity index is 643. The van der Waals surface area contributed by atoms with Crippen LogP contribution in [0.25, 0.3) is 10.2 Å². The Labute approximate surface area is 114 Å². The molecular formula is C13H13N3S2. The number of hydrogen-bond donors (Lipinski definition) is 1. The highest BCUT2D eigenvalue weighted by molar-refractivity contribution is 7.22. The first-order chi connectivity index (χ1) is 8.81. The molecule has 1 aromatic carbocycles. The summed E-state index contributed by atoms with van der Waals surface area (Å²) in [6.07, 6.45) is 2.80. The largest absolute Gasteiger partial charge is 0.361 e. The molecule has 18 heavy (non-hydrogen) atoms. The molecule has 3 nitrogen and oxygen atoms in total. The fourth-order valence-electron chi connectivity index (χ4n) is 1.77. The molecule has 3 aromatic rings. The summed E-state index contributed by atoms with van der Waals surface area (Å²) in [5, 5.41) is 7.53. The molecule has 0 aliphatic rings. The average Bonchev–Trinajstić information content (AvgIpc) is 2.97. The van der Waals surface area contributed by atoms with Gasteiger partial charge in [0.05, 0.1) is 15.2 Å². The third-order valence-electron chi connectivity index (χ3n) is 2.64. The molecule has 0 bridgehead atoms. The van der Waals surface area contributed by atoms with Gasteiger partial charge in [0.2, 0.25) is 0 Å². The first-order valence-electron chi connectivity index (χ1n) is 5.81. The molecule has 0 spiro atoms. The van der Waals surface area contributed by atoms with Crippen molar-refractivity contribution in [2.75, 3.05) is 11.9 Å². The summed E-state index contributed by atoms with van der Waals surface area (Å²) >= 11 is 3.40. The Morgan fingerprint density at radius 2 is 2.28 bits per heavy atom. The maximum absolute atomic E-state index is 4.58. The van der Waals surface area contributed by atoms with E-state index in [-0.39, 0.29) is 0 Å². The average molecular weight is 275 g/mol. The summed E-state index contributed by atoms with van der Waals surface area (Å²) < 4.78 is 1.23. The van der Waals surface area contributed by atoms with Gasteiger partial charge in [-0.3, -0.25) is 0 Å². The van der Waals surface area contributed by atoms with Gasteiger partial charge in [0.15, 0.2) is 5.13 Å². The molecule has 0 saturated carbocycles. The van der Waals surface area contributed by atoms with E-state index in [0.717, 1.165) is 23.6 Å². The Kier molecular flexibility index (Phi) is 3.25. The highest BCUT2D eigenvalue weighted by Crippen LogP contribution is 2.26. The number of aromatic nitrogens is 2. The second-order valence-corrected chi connectivity index (χ2v) is 6.10. The summed E-state index contributed by atoms with van der Waals surface area (Å²) in [7, 11) is 0. The quantitative estimate of drug-likeness (QED) is 0.788. The van der Waals surface area contributed by atoms with Gasteiger partial charge in [-0.2, -0.15) is 0 Å². The predicted octanol–water partition coefficient (Wildman–Crippen LogP) is 3.72. The topological polar surface area (TPSA) is 37.8 Å². The summed E-state index contributed by atoms with van der Waals surface area (Å²) in [5.74, 6) is 0. The summed E-state index contributed by atoms with van der Waals surface area (Å²) in [6, 6.07) is 6.38. The molecule has 0 unspecified atom stereocenters. The zero-order valence-corrected chi connectivity index (χ0v) is 11.6. The predicted molar refractivity (Wildman–Crippen MR) is 78.7 cm³/mol. The smallest absolute Gasteiger partial charge is 0.183 e. The van der Waals surface area contributed by atoms with Gasteiger partial charge < -0.3 is 5.32 Å².